The highest BCUT2D eigenvalue weighted by Crippen LogP contribution is 2.20. The summed E-state index contributed by atoms with van der Waals surface area (Å²) >= 11 is 5.31. The molecule has 0 saturated heterocycles. The summed E-state index contributed by atoms with van der Waals surface area (Å²) in [4.78, 5) is 44.4. The molecule has 1 amide bonds. The molecular weight excluding hydrogens is 434 g/mol. The lowest BCUT2D eigenvalue weighted by molar-refractivity contribution is -0.140. The van der Waals surface area contributed by atoms with Gasteiger partial charge in [-0.25, -0.2) is 9.78 Å². The highest BCUT2D eigenvalue weighted by Gasteiger charge is 2.21. The fourth-order valence-electron chi connectivity index (χ4n) is 3.40. The van der Waals surface area contributed by atoms with Crippen molar-refractivity contribution >= 4 is 47.0 Å². The number of H-pyrrole nitrogens is 2. The summed E-state index contributed by atoms with van der Waals surface area (Å²) in [5.41, 5.74) is 8.80. The zero-order chi connectivity index (χ0) is 23.3. The molecule has 3 aromatic rings. The lowest BCUT2D eigenvalue weighted by Gasteiger charge is -2.13. The van der Waals surface area contributed by atoms with E-state index in [4.69, 9.17) is 28.2 Å². The molecule has 0 fully saturated rings. The van der Waals surface area contributed by atoms with Crippen LogP contribution in [0.4, 0.5) is 5.95 Å². The van der Waals surface area contributed by atoms with Gasteiger partial charge in [0, 0.05) is 18.2 Å². The van der Waals surface area contributed by atoms with Crippen LogP contribution < -0.4 is 11.1 Å². The fraction of sp³-hybridized carbons (Fsp3) is 0.286. The van der Waals surface area contributed by atoms with Crippen molar-refractivity contribution in [2.24, 2.45) is 0 Å². The Morgan fingerprint density at radius 1 is 1.16 bits per heavy atom. The van der Waals surface area contributed by atoms with Crippen LogP contribution in [-0.4, -0.2) is 49.1 Å². The molecule has 1 atom stereocenters. The van der Waals surface area contributed by atoms with E-state index in [-0.39, 0.29) is 18.8 Å². The summed E-state index contributed by atoms with van der Waals surface area (Å²) in [6.45, 7) is 0. The minimum absolute atomic E-state index is 0.186. The average Bonchev–Trinajstić information content (AvgIpc) is 3.14. The summed E-state index contributed by atoms with van der Waals surface area (Å²) in [6.07, 6.45) is 3.73. The first-order valence-corrected chi connectivity index (χ1v) is 10.4. The van der Waals surface area contributed by atoms with Gasteiger partial charge in [-0.2, -0.15) is 0 Å². The molecule has 0 aliphatic rings. The minimum Gasteiger partial charge on any atom is -0.481 e. The van der Waals surface area contributed by atoms with Gasteiger partial charge < -0.3 is 31.2 Å². The van der Waals surface area contributed by atoms with E-state index in [0.29, 0.717) is 10.2 Å². The third kappa shape index (κ3) is 5.70. The molecule has 0 spiro atoms. The number of carboxylic acids is 2. The number of nitrogens with one attached hydrogen (secondary N) is 3. The smallest absolute Gasteiger partial charge is 0.326 e. The van der Waals surface area contributed by atoms with Crippen LogP contribution in [0.1, 0.15) is 40.7 Å². The van der Waals surface area contributed by atoms with E-state index >= 15 is 0 Å². The zero-order valence-corrected chi connectivity index (χ0v) is 17.9. The van der Waals surface area contributed by atoms with E-state index in [2.05, 4.69) is 20.3 Å². The van der Waals surface area contributed by atoms with Crippen molar-refractivity contribution in [1.82, 2.24) is 20.3 Å². The monoisotopic (exact) mass is 457 g/mol. The van der Waals surface area contributed by atoms with E-state index in [1.807, 2.05) is 18.3 Å². The number of anilines is 1. The minimum atomic E-state index is -1.27. The van der Waals surface area contributed by atoms with Crippen LogP contribution in [0.15, 0.2) is 30.5 Å². The van der Waals surface area contributed by atoms with Gasteiger partial charge in [-0.1, -0.05) is 24.4 Å². The maximum atomic E-state index is 12.3. The van der Waals surface area contributed by atoms with Crippen molar-refractivity contribution in [2.75, 3.05) is 5.73 Å². The molecule has 7 N–H and O–H groups in total. The number of nitrogens with two attached hydrogens (primary N) is 1. The maximum Gasteiger partial charge on any atom is 0.326 e. The zero-order valence-electron chi connectivity index (χ0n) is 17.1. The van der Waals surface area contributed by atoms with Gasteiger partial charge in [0.05, 0.1) is 5.39 Å². The molecule has 2 heterocycles. The lowest BCUT2D eigenvalue weighted by Crippen LogP contribution is -2.41. The Hall–Kier alpha value is -3.73. The number of aliphatic carboxylic acids is 2. The number of hydrogen-bond acceptors (Lipinski definition) is 6. The number of aromatic nitrogens is 3. The molecule has 0 saturated carbocycles. The molecular formula is C21H23N5O5S. The van der Waals surface area contributed by atoms with Gasteiger partial charge in [-0.05, 0) is 48.9 Å². The second-order valence-electron chi connectivity index (χ2n) is 7.34. The van der Waals surface area contributed by atoms with Gasteiger partial charge in [-0.15, -0.1) is 0 Å². The van der Waals surface area contributed by atoms with Gasteiger partial charge in [0.25, 0.3) is 5.91 Å². The van der Waals surface area contributed by atoms with E-state index in [0.717, 1.165) is 41.4 Å². The van der Waals surface area contributed by atoms with Crippen molar-refractivity contribution in [3.63, 3.8) is 0 Å². The normalized spacial score (nSPS) is 11.9. The third-order valence-corrected chi connectivity index (χ3v) is 5.32. The predicted octanol–water partition coefficient (Wildman–Crippen LogP) is 2.43. The number of aromatic amines is 2. The summed E-state index contributed by atoms with van der Waals surface area (Å²) < 4.78 is 0.450. The molecule has 0 aliphatic carbocycles. The highest BCUT2D eigenvalue weighted by atomic mass is 32.1. The molecule has 11 heteroatoms. The van der Waals surface area contributed by atoms with E-state index in [1.165, 1.54) is 0 Å². The first-order chi connectivity index (χ1) is 15.2. The Balaban J connectivity index is 1.57. The van der Waals surface area contributed by atoms with Gasteiger partial charge in [-0.3, -0.25) is 9.59 Å². The quantitative estimate of drug-likeness (QED) is 0.252. The van der Waals surface area contributed by atoms with Crippen LogP contribution in [0, 0.1) is 4.64 Å². The standard InChI is InChI=1S/C21H23N5O5S/c22-21-25-17-16(19(32)26-21)13(10-23-17)3-1-2-11-4-6-12(7-5-11)18(29)24-14(20(30)31)8-9-15(27)28/h4-7,10,14H,1-3,8-9H2,(H,24,29)(H,27,28)(H,30,31)(H4,22,23,25,26,32)/t14-/m0/s1. The maximum absolute atomic E-state index is 12.3. The Labute approximate surface area is 187 Å². The number of amides is 1. The van der Waals surface area contributed by atoms with Crippen LogP contribution in [-0.2, 0) is 22.4 Å². The second-order valence-corrected chi connectivity index (χ2v) is 7.72. The topological polar surface area (TPSA) is 174 Å². The Morgan fingerprint density at radius 3 is 2.53 bits per heavy atom. The molecule has 1 aromatic carbocycles. The van der Waals surface area contributed by atoms with Crippen molar-refractivity contribution in [2.45, 2.75) is 38.1 Å². The van der Waals surface area contributed by atoms with Crippen LogP contribution >= 0.6 is 12.2 Å². The molecule has 2 aromatic heterocycles. The summed E-state index contributed by atoms with van der Waals surface area (Å²) in [6, 6.07) is 5.60. The first kappa shape index (κ1) is 22.9. The van der Waals surface area contributed by atoms with Crippen LogP contribution in [0.2, 0.25) is 0 Å². The molecule has 32 heavy (non-hydrogen) atoms. The van der Waals surface area contributed by atoms with Crippen molar-refractivity contribution in [3.8, 4) is 0 Å². The number of carbonyl (C=O) groups is 3. The van der Waals surface area contributed by atoms with Crippen molar-refractivity contribution < 1.29 is 24.6 Å². The molecule has 0 bridgehead atoms. The highest BCUT2D eigenvalue weighted by molar-refractivity contribution is 7.71. The van der Waals surface area contributed by atoms with E-state index in [9.17, 15) is 14.4 Å². The Morgan fingerprint density at radius 2 is 1.88 bits per heavy atom. The van der Waals surface area contributed by atoms with Crippen LogP contribution in [0.5, 0.6) is 0 Å². The largest absolute Gasteiger partial charge is 0.481 e. The van der Waals surface area contributed by atoms with Gasteiger partial charge in [0.15, 0.2) is 5.95 Å². The first-order valence-electron chi connectivity index (χ1n) is 9.94. The molecule has 3 rings (SSSR count). The number of rotatable bonds is 10. The Kier molecular flexibility index (Phi) is 7.21. The number of carboxylic acid groups (broad SMARTS) is 2. The molecule has 168 valence electrons. The summed E-state index contributed by atoms with van der Waals surface area (Å²) in [5, 5.41) is 21.1. The number of nitrogens with zero attached hydrogens (tertiary/aromatic N) is 1. The van der Waals surface area contributed by atoms with Crippen molar-refractivity contribution in [3.05, 3.63) is 51.8 Å². The Bertz CT molecular complexity index is 1200. The van der Waals surface area contributed by atoms with Crippen LogP contribution in [0.25, 0.3) is 11.0 Å². The van der Waals surface area contributed by atoms with Crippen molar-refractivity contribution in [1.29, 1.82) is 0 Å². The predicted molar refractivity (Wildman–Crippen MR) is 120 cm³/mol. The summed E-state index contributed by atoms with van der Waals surface area (Å²) in [7, 11) is 0. The number of hydrogen-bond donors (Lipinski definition) is 6. The third-order valence-electron chi connectivity index (χ3n) is 5.03. The molecule has 10 nitrogen and oxygen atoms in total. The van der Waals surface area contributed by atoms with E-state index in [1.54, 1.807) is 12.1 Å². The number of aryl methyl sites for hydroxylation is 2. The fourth-order valence-corrected chi connectivity index (χ4v) is 3.73. The number of nitrogen functional groups attached to an aromatic ring is 1. The van der Waals surface area contributed by atoms with Gasteiger partial charge in [0.2, 0.25) is 0 Å². The second kappa shape index (κ2) is 10.1. The molecule has 0 aliphatic heterocycles. The summed E-state index contributed by atoms with van der Waals surface area (Å²) in [5.74, 6) is -2.69. The van der Waals surface area contributed by atoms with E-state index < -0.39 is 23.9 Å². The molecule has 0 radical (unpaired) electrons. The lowest BCUT2D eigenvalue weighted by atomic mass is 10.0. The average molecular weight is 458 g/mol. The number of fused-ring (bicyclic) bond motifs is 1. The van der Waals surface area contributed by atoms with Crippen LogP contribution in [0.3, 0.4) is 0 Å². The SMILES string of the molecule is Nc1nc(=S)c2c(CCCc3ccc(C(=O)N[C@@H](CCC(=O)O)C(=O)O)cc3)c[nH]c2[nH]1. The number of carbonyl (C=O) groups excluding carboxylic acids is 1. The number of benzene rings is 1. The molecule has 0 unspecified atom stereocenters. The van der Waals surface area contributed by atoms with Gasteiger partial charge >= 0.3 is 11.9 Å². The van der Waals surface area contributed by atoms with Gasteiger partial charge in [0.1, 0.15) is 16.3 Å².